The third-order valence-electron chi connectivity index (χ3n) is 6.92. The molecule has 0 unspecified atom stereocenters. The van der Waals surface area contributed by atoms with Gasteiger partial charge in [-0.3, -0.25) is 9.59 Å². The summed E-state index contributed by atoms with van der Waals surface area (Å²) in [4.78, 5) is 30.9. The second-order valence-electron chi connectivity index (χ2n) is 10.6. The van der Waals surface area contributed by atoms with E-state index in [0.29, 0.717) is 31.7 Å². The van der Waals surface area contributed by atoms with Crippen LogP contribution in [0, 0.1) is 11.7 Å². The highest BCUT2D eigenvalue weighted by molar-refractivity contribution is 5.96. The van der Waals surface area contributed by atoms with E-state index >= 15 is 0 Å². The minimum Gasteiger partial charge on any atom is -0.345 e. The van der Waals surface area contributed by atoms with E-state index < -0.39 is 0 Å². The highest BCUT2D eigenvalue weighted by Gasteiger charge is 2.24. The molecular formula is C34H38FN3O2. The Balaban J connectivity index is 1.56. The van der Waals surface area contributed by atoms with Crippen molar-refractivity contribution in [2.45, 2.75) is 46.8 Å². The summed E-state index contributed by atoms with van der Waals surface area (Å²) in [6.07, 6.45) is 2.87. The lowest BCUT2D eigenvalue weighted by atomic mass is 10.1. The predicted octanol–water partition coefficient (Wildman–Crippen LogP) is 6.57. The van der Waals surface area contributed by atoms with Gasteiger partial charge in [-0.25, -0.2) is 4.39 Å². The summed E-state index contributed by atoms with van der Waals surface area (Å²) in [5.41, 5.74) is 4.71. The van der Waals surface area contributed by atoms with E-state index in [4.69, 9.17) is 0 Å². The van der Waals surface area contributed by atoms with Crippen molar-refractivity contribution in [2.75, 3.05) is 13.1 Å². The lowest BCUT2D eigenvalue weighted by molar-refractivity contribution is -0.133. The van der Waals surface area contributed by atoms with Gasteiger partial charge in [0.05, 0.1) is 6.54 Å². The highest BCUT2D eigenvalue weighted by atomic mass is 19.1. The summed E-state index contributed by atoms with van der Waals surface area (Å²) in [5.74, 6) is -0.304. The molecule has 0 fully saturated rings. The summed E-state index contributed by atoms with van der Waals surface area (Å²) in [5, 5.41) is 0. The summed E-state index contributed by atoms with van der Waals surface area (Å²) in [7, 11) is 0. The van der Waals surface area contributed by atoms with Crippen molar-refractivity contribution >= 4 is 11.8 Å². The number of carbonyl (C=O) groups excluding carboxylic acids is 2. The van der Waals surface area contributed by atoms with Gasteiger partial charge < -0.3 is 14.4 Å². The van der Waals surface area contributed by atoms with Gasteiger partial charge in [-0.2, -0.15) is 0 Å². The van der Waals surface area contributed by atoms with Crippen LogP contribution in [0.3, 0.4) is 0 Å². The zero-order valence-corrected chi connectivity index (χ0v) is 23.6. The van der Waals surface area contributed by atoms with Crippen molar-refractivity contribution in [1.29, 1.82) is 0 Å². The summed E-state index contributed by atoms with van der Waals surface area (Å²) in [6.45, 7) is 8.05. The largest absolute Gasteiger partial charge is 0.345 e. The minimum absolute atomic E-state index is 0.00194. The third kappa shape index (κ3) is 7.92. The van der Waals surface area contributed by atoms with E-state index in [9.17, 15) is 14.0 Å². The Kier molecular flexibility index (Phi) is 9.90. The van der Waals surface area contributed by atoms with E-state index in [-0.39, 0.29) is 30.1 Å². The van der Waals surface area contributed by atoms with E-state index in [1.54, 1.807) is 17.0 Å². The van der Waals surface area contributed by atoms with Crippen LogP contribution in [0.2, 0.25) is 0 Å². The number of halogens is 1. The molecule has 1 aromatic heterocycles. The molecule has 0 bridgehead atoms. The average Bonchev–Trinajstić information content (AvgIpc) is 3.39. The van der Waals surface area contributed by atoms with Crippen LogP contribution in [0.15, 0.2) is 97.2 Å². The van der Waals surface area contributed by atoms with Crippen LogP contribution < -0.4 is 0 Å². The lowest BCUT2D eigenvalue weighted by Gasteiger charge is -2.29. The van der Waals surface area contributed by atoms with Crippen LogP contribution in [0.1, 0.15) is 53.5 Å². The molecule has 5 nitrogen and oxygen atoms in total. The van der Waals surface area contributed by atoms with Gasteiger partial charge in [-0.05, 0) is 65.4 Å². The normalized spacial score (nSPS) is 11.0. The number of hydrogen-bond donors (Lipinski definition) is 0. The van der Waals surface area contributed by atoms with Crippen LogP contribution in [0.5, 0.6) is 0 Å². The number of aryl methyl sites for hydroxylation is 1. The molecule has 208 valence electrons. The van der Waals surface area contributed by atoms with E-state index in [1.165, 1.54) is 17.7 Å². The molecule has 0 saturated heterocycles. The van der Waals surface area contributed by atoms with E-state index in [1.807, 2.05) is 77.8 Å². The van der Waals surface area contributed by atoms with Gasteiger partial charge in [-0.1, -0.05) is 75.4 Å². The Morgan fingerprint density at radius 3 is 2.10 bits per heavy atom. The SMILES string of the molecule is CCc1ccc(C(=O)N(CC(=O)N(Cc2ccccc2)Cc2cccn2Cc2ccc(F)cc2)CC(C)C)cc1. The molecule has 2 amide bonds. The standard InChI is InChI=1S/C34H38FN3O2/c1-4-27-12-16-30(17-13-27)34(40)38(21-26(2)3)25-33(39)37(23-28-9-6-5-7-10-28)24-32-11-8-20-36(32)22-29-14-18-31(35)19-15-29/h5-20,26H,4,21-25H2,1-3H3. The molecule has 4 aromatic rings. The topological polar surface area (TPSA) is 45.6 Å². The second kappa shape index (κ2) is 13.7. The fraction of sp³-hybridized carbons (Fsp3) is 0.294. The summed E-state index contributed by atoms with van der Waals surface area (Å²) in [6, 6.07) is 28.0. The monoisotopic (exact) mass is 539 g/mol. The van der Waals surface area contributed by atoms with E-state index in [2.05, 4.69) is 25.3 Å². The van der Waals surface area contributed by atoms with Gasteiger partial charge >= 0.3 is 0 Å². The Morgan fingerprint density at radius 2 is 1.45 bits per heavy atom. The minimum atomic E-state index is -0.266. The van der Waals surface area contributed by atoms with Crippen molar-refractivity contribution in [3.05, 3.63) is 131 Å². The van der Waals surface area contributed by atoms with Gasteiger partial charge in [-0.15, -0.1) is 0 Å². The zero-order chi connectivity index (χ0) is 28.5. The number of benzene rings is 3. The third-order valence-corrected chi connectivity index (χ3v) is 6.92. The maximum absolute atomic E-state index is 13.9. The maximum Gasteiger partial charge on any atom is 0.254 e. The van der Waals surface area contributed by atoms with Crippen LogP contribution in [-0.2, 0) is 30.8 Å². The molecule has 40 heavy (non-hydrogen) atoms. The van der Waals surface area contributed by atoms with Crippen LogP contribution in [-0.4, -0.2) is 39.3 Å². The van der Waals surface area contributed by atoms with Gasteiger partial charge in [0.1, 0.15) is 12.4 Å². The van der Waals surface area contributed by atoms with Crippen molar-refractivity contribution in [3.8, 4) is 0 Å². The van der Waals surface area contributed by atoms with Crippen molar-refractivity contribution < 1.29 is 14.0 Å². The van der Waals surface area contributed by atoms with Gasteiger partial charge in [0.25, 0.3) is 5.91 Å². The van der Waals surface area contributed by atoms with E-state index in [0.717, 1.165) is 23.2 Å². The smallest absolute Gasteiger partial charge is 0.254 e. The van der Waals surface area contributed by atoms with Crippen LogP contribution >= 0.6 is 0 Å². The van der Waals surface area contributed by atoms with Crippen molar-refractivity contribution in [2.24, 2.45) is 5.92 Å². The first-order chi connectivity index (χ1) is 19.3. The molecule has 4 rings (SSSR count). The molecule has 0 radical (unpaired) electrons. The molecule has 3 aromatic carbocycles. The lowest BCUT2D eigenvalue weighted by Crippen LogP contribution is -2.44. The number of rotatable bonds is 12. The second-order valence-corrected chi connectivity index (χ2v) is 10.6. The fourth-order valence-corrected chi connectivity index (χ4v) is 4.75. The molecular weight excluding hydrogens is 501 g/mol. The van der Waals surface area contributed by atoms with Gasteiger partial charge in [0.15, 0.2) is 0 Å². The Bertz CT molecular complexity index is 1380. The van der Waals surface area contributed by atoms with Crippen LogP contribution in [0.25, 0.3) is 0 Å². The molecule has 0 saturated carbocycles. The highest BCUT2D eigenvalue weighted by Crippen LogP contribution is 2.16. The molecule has 0 aliphatic heterocycles. The summed E-state index contributed by atoms with van der Waals surface area (Å²) < 4.78 is 15.5. The maximum atomic E-state index is 13.9. The summed E-state index contributed by atoms with van der Waals surface area (Å²) >= 11 is 0. The Hall–Kier alpha value is -4.19. The molecule has 1 heterocycles. The quantitative estimate of drug-likeness (QED) is 0.205. The number of hydrogen-bond acceptors (Lipinski definition) is 2. The zero-order valence-electron chi connectivity index (χ0n) is 23.6. The number of nitrogens with zero attached hydrogens (tertiary/aromatic N) is 3. The Morgan fingerprint density at radius 1 is 0.775 bits per heavy atom. The number of aromatic nitrogens is 1. The number of amides is 2. The first kappa shape index (κ1) is 28.8. The van der Waals surface area contributed by atoms with Gasteiger partial charge in [0, 0.05) is 37.1 Å². The Labute approximate surface area is 236 Å². The molecule has 0 atom stereocenters. The van der Waals surface area contributed by atoms with Crippen LogP contribution in [0.4, 0.5) is 4.39 Å². The molecule has 0 spiro atoms. The fourth-order valence-electron chi connectivity index (χ4n) is 4.75. The number of carbonyl (C=O) groups is 2. The first-order valence-corrected chi connectivity index (χ1v) is 13.9. The molecule has 0 N–H and O–H groups in total. The molecule has 0 aliphatic rings. The molecule has 6 heteroatoms. The molecule has 0 aliphatic carbocycles. The van der Waals surface area contributed by atoms with Crippen molar-refractivity contribution in [1.82, 2.24) is 14.4 Å². The average molecular weight is 540 g/mol. The first-order valence-electron chi connectivity index (χ1n) is 13.9. The van der Waals surface area contributed by atoms with Crippen molar-refractivity contribution in [3.63, 3.8) is 0 Å². The van der Waals surface area contributed by atoms with Gasteiger partial charge in [0.2, 0.25) is 5.91 Å². The predicted molar refractivity (Wildman–Crippen MR) is 157 cm³/mol.